The Morgan fingerprint density at radius 3 is 3.00 bits per heavy atom. The third-order valence-corrected chi connectivity index (χ3v) is 4.64. The summed E-state index contributed by atoms with van der Waals surface area (Å²) < 4.78 is 0. The summed E-state index contributed by atoms with van der Waals surface area (Å²) in [4.78, 5) is 2.53. The molecule has 2 nitrogen and oxygen atoms in total. The van der Waals surface area contributed by atoms with Gasteiger partial charge in [0.2, 0.25) is 0 Å². The first-order chi connectivity index (χ1) is 6.35. The van der Waals surface area contributed by atoms with Crippen molar-refractivity contribution in [2.75, 3.05) is 37.7 Å². The van der Waals surface area contributed by atoms with Crippen molar-refractivity contribution in [3.63, 3.8) is 0 Å². The third kappa shape index (κ3) is 2.20. The van der Waals surface area contributed by atoms with E-state index in [0.717, 1.165) is 13.0 Å². The zero-order valence-electron chi connectivity index (χ0n) is 8.17. The van der Waals surface area contributed by atoms with E-state index in [2.05, 4.69) is 16.7 Å². The summed E-state index contributed by atoms with van der Waals surface area (Å²) in [5.74, 6) is 2.75. The molecule has 2 rings (SSSR count). The Morgan fingerprint density at radius 2 is 2.31 bits per heavy atom. The lowest BCUT2D eigenvalue weighted by Crippen LogP contribution is -2.28. The van der Waals surface area contributed by atoms with E-state index in [-0.39, 0.29) is 0 Å². The molecule has 2 fully saturated rings. The second-order valence-corrected chi connectivity index (χ2v) is 5.51. The number of aliphatic hydroxyl groups is 1. The number of hydrogen-bond acceptors (Lipinski definition) is 3. The summed E-state index contributed by atoms with van der Waals surface area (Å²) in [5.41, 5.74) is 0.667. The molecule has 2 heterocycles. The predicted octanol–water partition coefficient (Wildman–Crippen LogP) is 1.20. The topological polar surface area (TPSA) is 23.5 Å². The first-order valence-electron chi connectivity index (χ1n) is 5.26. The number of rotatable bonds is 3. The van der Waals surface area contributed by atoms with Crippen LogP contribution < -0.4 is 0 Å². The van der Waals surface area contributed by atoms with Gasteiger partial charge in [-0.1, -0.05) is 0 Å². The number of nitrogens with zero attached hydrogens (tertiary/aromatic N) is 1. The van der Waals surface area contributed by atoms with Crippen LogP contribution >= 0.6 is 11.8 Å². The molecule has 0 aliphatic carbocycles. The standard InChI is InChI=1S/C10H19NOS/c12-6-1-4-11-5-2-10(8-11)3-7-13-9-10/h12H,1-9H2. The summed E-state index contributed by atoms with van der Waals surface area (Å²) in [6, 6.07) is 0. The van der Waals surface area contributed by atoms with Gasteiger partial charge in [-0.2, -0.15) is 11.8 Å². The Morgan fingerprint density at radius 1 is 1.38 bits per heavy atom. The van der Waals surface area contributed by atoms with E-state index in [1.807, 2.05) is 0 Å². The van der Waals surface area contributed by atoms with Crippen molar-refractivity contribution in [2.45, 2.75) is 19.3 Å². The van der Waals surface area contributed by atoms with E-state index in [0.29, 0.717) is 12.0 Å². The quantitative estimate of drug-likeness (QED) is 0.742. The van der Waals surface area contributed by atoms with E-state index in [4.69, 9.17) is 5.11 Å². The molecule has 0 saturated carbocycles. The second kappa shape index (κ2) is 4.20. The summed E-state index contributed by atoms with van der Waals surface area (Å²) in [6.07, 6.45) is 3.77. The monoisotopic (exact) mass is 201 g/mol. The van der Waals surface area contributed by atoms with Crippen molar-refractivity contribution < 1.29 is 5.11 Å². The highest BCUT2D eigenvalue weighted by Crippen LogP contribution is 2.43. The van der Waals surface area contributed by atoms with Crippen LogP contribution in [0.25, 0.3) is 0 Å². The average molecular weight is 201 g/mol. The molecule has 1 N–H and O–H groups in total. The molecule has 13 heavy (non-hydrogen) atoms. The molecule has 3 heteroatoms. The number of thioether (sulfide) groups is 1. The lowest BCUT2D eigenvalue weighted by atomic mass is 9.87. The van der Waals surface area contributed by atoms with Gasteiger partial charge in [-0.3, -0.25) is 0 Å². The second-order valence-electron chi connectivity index (χ2n) is 4.41. The lowest BCUT2D eigenvalue weighted by molar-refractivity contribution is 0.232. The minimum atomic E-state index is 0.345. The van der Waals surface area contributed by atoms with Crippen molar-refractivity contribution >= 4 is 11.8 Å². The van der Waals surface area contributed by atoms with Gasteiger partial charge in [0.05, 0.1) is 0 Å². The van der Waals surface area contributed by atoms with Gasteiger partial charge in [0.1, 0.15) is 0 Å². The molecule has 2 aliphatic rings. The largest absolute Gasteiger partial charge is 0.396 e. The number of aliphatic hydroxyl groups excluding tert-OH is 1. The zero-order valence-corrected chi connectivity index (χ0v) is 8.98. The van der Waals surface area contributed by atoms with Gasteiger partial charge in [-0.25, -0.2) is 0 Å². The third-order valence-electron chi connectivity index (χ3n) is 3.33. The molecule has 0 aromatic rings. The van der Waals surface area contributed by atoms with Crippen LogP contribution in [0.3, 0.4) is 0 Å². The van der Waals surface area contributed by atoms with Crippen molar-refractivity contribution in [3.05, 3.63) is 0 Å². The molecular weight excluding hydrogens is 182 g/mol. The average Bonchev–Trinajstić information content (AvgIpc) is 2.74. The van der Waals surface area contributed by atoms with Crippen molar-refractivity contribution in [2.24, 2.45) is 5.41 Å². The summed E-state index contributed by atoms with van der Waals surface area (Å²) in [5, 5.41) is 8.75. The van der Waals surface area contributed by atoms with Gasteiger partial charge >= 0.3 is 0 Å². The lowest BCUT2D eigenvalue weighted by Gasteiger charge is -2.22. The highest BCUT2D eigenvalue weighted by atomic mass is 32.2. The van der Waals surface area contributed by atoms with Gasteiger partial charge in [0, 0.05) is 25.4 Å². The molecule has 0 aromatic heterocycles. The molecule has 1 unspecified atom stereocenters. The van der Waals surface area contributed by atoms with E-state index in [1.54, 1.807) is 0 Å². The molecular formula is C10H19NOS. The smallest absolute Gasteiger partial charge is 0.0443 e. The van der Waals surface area contributed by atoms with Gasteiger partial charge in [0.15, 0.2) is 0 Å². The van der Waals surface area contributed by atoms with Gasteiger partial charge in [-0.15, -0.1) is 0 Å². The maximum atomic E-state index is 8.75. The predicted molar refractivity (Wildman–Crippen MR) is 57.1 cm³/mol. The molecule has 76 valence electrons. The van der Waals surface area contributed by atoms with Gasteiger partial charge in [0.25, 0.3) is 0 Å². The first-order valence-corrected chi connectivity index (χ1v) is 6.41. The van der Waals surface area contributed by atoms with Crippen molar-refractivity contribution in [1.82, 2.24) is 4.90 Å². The van der Waals surface area contributed by atoms with Gasteiger partial charge in [-0.05, 0) is 37.0 Å². The maximum absolute atomic E-state index is 8.75. The number of hydrogen-bond donors (Lipinski definition) is 1. The Labute approximate surface area is 84.7 Å². The molecule has 0 bridgehead atoms. The van der Waals surface area contributed by atoms with Crippen LogP contribution in [0.2, 0.25) is 0 Å². The Balaban J connectivity index is 1.79. The first kappa shape index (κ1) is 9.81. The Bertz CT molecular complexity index is 168. The molecule has 1 spiro atoms. The molecule has 0 radical (unpaired) electrons. The minimum Gasteiger partial charge on any atom is -0.396 e. The zero-order chi connectivity index (χ0) is 9.15. The molecule has 1 atom stereocenters. The van der Waals surface area contributed by atoms with Crippen LogP contribution in [-0.4, -0.2) is 47.8 Å². The summed E-state index contributed by atoms with van der Waals surface area (Å²) in [7, 11) is 0. The van der Waals surface area contributed by atoms with E-state index < -0.39 is 0 Å². The van der Waals surface area contributed by atoms with Crippen molar-refractivity contribution in [3.8, 4) is 0 Å². The maximum Gasteiger partial charge on any atom is 0.0443 e. The van der Waals surface area contributed by atoms with Crippen LogP contribution in [0, 0.1) is 5.41 Å². The highest BCUT2D eigenvalue weighted by Gasteiger charge is 2.40. The minimum absolute atomic E-state index is 0.345. The fourth-order valence-electron chi connectivity index (χ4n) is 2.48. The van der Waals surface area contributed by atoms with Crippen LogP contribution in [0.5, 0.6) is 0 Å². The molecule has 0 aromatic carbocycles. The van der Waals surface area contributed by atoms with Crippen LogP contribution in [0.15, 0.2) is 0 Å². The normalized spacial score (nSPS) is 34.8. The molecule has 2 saturated heterocycles. The van der Waals surface area contributed by atoms with Crippen LogP contribution in [0.1, 0.15) is 19.3 Å². The Hall–Kier alpha value is 0.270. The fourth-order valence-corrected chi connectivity index (χ4v) is 4.02. The SMILES string of the molecule is OCCCN1CCC2(CCSC2)C1. The molecule has 0 amide bonds. The molecule has 2 aliphatic heterocycles. The highest BCUT2D eigenvalue weighted by molar-refractivity contribution is 7.99. The number of likely N-dealkylation sites (tertiary alicyclic amines) is 1. The fraction of sp³-hybridized carbons (Fsp3) is 1.00. The van der Waals surface area contributed by atoms with E-state index in [9.17, 15) is 0 Å². The van der Waals surface area contributed by atoms with E-state index >= 15 is 0 Å². The Kier molecular flexibility index (Phi) is 3.17. The van der Waals surface area contributed by atoms with E-state index in [1.165, 1.54) is 37.4 Å². The summed E-state index contributed by atoms with van der Waals surface area (Å²) >= 11 is 2.12. The van der Waals surface area contributed by atoms with Crippen molar-refractivity contribution in [1.29, 1.82) is 0 Å². The van der Waals surface area contributed by atoms with Crippen LogP contribution in [0.4, 0.5) is 0 Å². The van der Waals surface area contributed by atoms with Gasteiger partial charge < -0.3 is 10.0 Å². The summed E-state index contributed by atoms with van der Waals surface area (Å²) in [6.45, 7) is 4.00. The van der Waals surface area contributed by atoms with Crippen LogP contribution in [-0.2, 0) is 0 Å².